The fraction of sp³-hybridized carbons (Fsp3) is 0.269. The molecule has 4 rings (SSSR count). The largest absolute Gasteiger partial charge is 0.382 e. The Morgan fingerprint density at radius 1 is 1.09 bits per heavy atom. The van der Waals surface area contributed by atoms with Gasteiger partial charge < -0.3 is 14.6 Å². The number of halogens is 1. The third-order valence-corrected chi connectivity index (χ3v) is 6.36. The number of rotatable bonds is 11. The lowest BCUT2D eigenvalue weighted by molar-refractivity contribution is 0.0944. The number of hydrogen-bond acceptors (Lipinski definition) is 5. The van der Waals surface area contributed by atoms with Crippen LogP contribution in [0.4, 0.5) is 4.39 Å². The number of imidazole rings is 1. The van der Waals surface area contributed by atoms with E-state index in [4.69, 9.17) is 9.72 Å². The highest BCUT2D eigenvalue weighted by atomic mass is 32.2. The zero-order valence-corrected chi connectivity index (χ0v) is 19.9. The molecule has 0 saturated heterocycles. The molecule has 34 heavy (non-hydrogen) atoms. The Balaban J connectivity index is 1.41. The second-order valence-corrected chi connectivity index (χ2v) is 8.71. The third kappa shape index (κ3) is 6.21. The summed E-state index contributed by atoms with van der Waals surface area (Å²) in [4.78, 5) is 21.3. The van der Waals surface area contributed by atoms with Crippen LogP contribution in [-0.2, 0) is 17.0 Å². The molecule has 0 aliphatic carbocycles. The standard InChI is InChI=1S/C26H27FN4O2S/c1-2-33-15-3-13-29-25(32)21-8-4-20(5-9-21)18-34-26-30-23-12-14-28-16-24(23)31(26)17-19-6-10-22(27)11-7-19/h4-12,14,16H,2-3,13,15,17-18H2,1H3,(H,29,32). The van der Waals surface area contributed by atoms with Crippen LogP contribution >= 0.6 is 11.8 Å². The fourth-order valence-electron chi connectivity index (χ4n) is 3.51. The molecule has 0 spiro atoms. The van der Waals surface area contributed by atoms with E-state index in [1.54, 1.807) is 36.3 Å². The Bertz CT molecular complexity index is 1230. The van der Waals surface area contributed by atoms with Gasteiger partial charge in [0.2, 0.25) is 0 Å². The third-order valence-electron chi connectivity index (χ3n) is 5.31. The zero-order chi connectivity index (χ0) is 23.8. The molecule has 0 aliphatic heterocycles. The van der Waals surface area contributed by atoms with Gasteiger partial charge in [-0.1, -0.05) is 36.0 Å². The Morgan fingerprint density at radius 2 is 1.85 bits per heavy atom. The number of thioether (sulfide) groups is 1. The van der Waals surface area contributed by atoms with Crippen LogP contribution in [-0.4, -0.2) is 40.2 Å². The van der Waals surface area contributed by atoms with Gasteiger partial charge in [-0.15, -0.1) is 0 Å². The quantitative estimate of drug-likeness (QED) is 0.241. The second-order valence-electron chi connectivity index (χ2n) is 7.76. The number of fused-ring (bicyclic) bond motifs is 1. The maximum Gasteiger partial charge on any atom is 0.251 e. The van der Waals surface area contributed by atoms with Crippen molar-refractivity contribution in [1.82, 2.24) is 19.9 Å². The molecule has 6 nitrogen and oxygen atoms in total. The number of nitrogens with one attached hydrogen (secondary N) is 1. The highest BCUT2D eigenvalue weighted by Crippen LogP contribution is 2.27. The van der Waals surface area contributed by atoms with E-state index in [2.05, 4.69) is 14.9 Å². The Hall–Kier alpha value is -3.23. The zero-order valence-electron chi connectivity index (χ0n) is 19.0. The minimum Gasteiger partial charge on any atom is -0.382 e. The van der Waals surface area contributed by atoms with Crippen LogP contribution < -0.4 is 5.32 Å². The summed E-state index contributed by atoms with van der Waals surface area (Å²) >= 11 is 1.62. The maximum atomic E-state index is 13.3. The molecule has 176 valence electrons. The highest BCUT2D eigenvalue weighted by Gasteiger charge is 2.13. The number of benzene rings is 2. The van der Waals surface area contributed by atoms with Gasteiger partial charge in [-0.3, -0.25) is 9.78 Å². The first-order valence-corrected chi connectivity index (χ1v) is 12.2. The number of hydrogen-bond donors (Lipinski definition) is 1. The van der Waals surface area contributed by atoms with Crippen molar-refractivity contribution < 1.29 is 13.9 Å². The summed E-state index contributed by atoms with van der Waals surface area (Å²) in [7, 11) is 0. The average molecular weight is 479 g/mol. The summed E-state index contributed by atoms with van der Waals surface area (Å²) < 4.78 is 20.7. The molecule has 2 aromatic heterocycles. The van der Waals surface area contributed by atoms with Crippen LogP contribution in [0.1, 0.15) is 34.8 Å². The molecule has 0 unspecified atom stereocenters. The monoisotopic (exact) mass is 478 g/mol. The maximum absolute atomic E-state index is 13.3. The predicted molar refractivity (Wildman–Crippen MR) is 132 cm³/mol. The lowest BCUT2D eigenvalue weighted by Gasteiger charge is -2.10. The molecule has 0 aliphatic rings. The second kappa shape index (κ2) is 11.8. The van der Waals surface area contributed by atoms with Crippen molar-refractivity contribution in [3.05, 3.63) is 89.5 Å². The van der Waals surface area contributed by atoms with Gasteiger partial charge in [0.05, 0.1) is 23.8 Å². The van der Waals surface area contributed by atoms with E-state index in [1.165, 1.54) is 12.1 Å². The number of pyridine rings is 1. The summed E-state index contributed by atoms with van der Waals surface area (Å²) in [5.41, 5.74) is 4.53. The van der Waals surface area contributed by atoms with Crippen molar-refractivity contribution in [3.63, 3.8) is 0 Å². The van der Waals surface area contributed by atoms with E-state index < -0.39 is 0 Å². The summed E-state index contributed by atoms with van der Waals surface area (Å²) in [6.07, 6.45) is 4.33. The number of carbonyl (C=O) groups is 1. The normalized spacial score (nSPS) is 11.1. The van der Waals surface area contributed by atoms with Crippen molar-refractivity contribution in [1.29, 1.82) is 0 Å². The average Bonchev–Trinajstić information content (AvgIpc) is 3.21. The summed E-state index contributed by atoms with van der Waals surface area (Å²) in [6.45, 7) is 4.46. The first kappa shape index (κ1) is 23.9. The van der Waals surface area contributed by atoms with Crippen molar-refractivity contribution >= 4 is 28.7 Å². The number of aromatic nitrogens is 3. The van der Waals surface area contributed by atoms with E-state index in [-0.39, 0.29) is 11.7 Å². The molecular weight excluding hydrogens is 451 g/mol. The predicted octanol–water partition coefficient (Wildman–Crippen LogP) is 5.07. The van der Waals surface area contributed by atoms with Crippen LogP contribution in [0.5, 0.6) is 0 Å². The molecule has 0 radical (unpaired) electrons. The molecule has 0 saturated carbocycles. The van der Waals surface area contributed by atoms with Gasteiger partial charge in [0, 0.05) is 37.3 Å². The number of nitrogens with zero attached hydrogens (tertiary/aromatic N) is 3. The summed E-state index contributed by atoms with van der Waals surface area (Å²) in [5.74, 6) is 0.374. The number of carbonyl (C=O) groups excluding carboxylic acids is 1. The molecule has 2 aromatic carbocycles. The Labute approximate surface area is 202 Å². The SMILES string of the molecule is CCOCCCNC(=O)c1ccc(CSc2nc3ccncc3n2Cc2ccc(F)cc2)cc1. The van der Waals surface area contributed by atoms with Crippen LogP contribution in [0.2, 0.25) is 0 Å². The van der Waals surface area contributed by atoms with Crippen LogP contribution in [0, 0.1) is 5.82 Å². The van der Waals surface area contributed by atoms with E-state index in [0.717, 1.165) is 33.7 Å². The van der Waals surface area contributed by atoms with E-state index >= 15 is 0 Å². The lowest BCUT2D eigenvalue weighted by atomic mass is 10.1. The van der Waals surface area contributed by atoms with Gasteiger partial charge in [-0.05, 0) is 54.8 Å². The summed E-state index contributed by atoms with van der Waals surface area (Å²) in [6, 6.07) is 16.0. The molecule has 4 aromatic rings. The van der Waals surface area contributed by atoms with Crippen molar-refractivity contribution in [2.24, 2.45) is 0 Å². The molecular formula is C26H27FN4O2S. The van der Waals surface area contributed by atoms with Crippen molar-refractivity contribution in [2.75, 3.05) is 19.8 Å². The molecule has 1 amide bonds. The van der Waals surface area contributed by atoms with E-state index in [1.807, 2.05) is 37.3 Å². The van der Waals surface area contributed by atoms with Crippen molar-refractivity contribution in [3.8, 4) is 0 Å². The van der Waals surface area contributed by atoms with Gasteiger partial charge in [0.15, 0.2) is 5.16 Å². The molecule has 2 heterocycles. The fourth-order valence-corrected chi connectivity index (χ4v) is 4.48. The van der Waals surface area contributed by atoms with Gasteiger partial charge in [-0.25, -0.2) is 9.37 Å². The van der Waals surface area contributed by atoms with Gasteiger partial charge in [0.25, 0.3) is 5.91 Å². The number of amides is 1. The van der Waals surface area contributed by atoms with E-state index in [9.17, 15) is 9.18 Å². The van der Waals surface area contributed by atoms with Crippen molar-refractivity contribution in [2.45, 2.75) is 30.8 Å². The first-order chi connectivity index (χ1) is 16.6. The molecule has 0 fully saturated rings. The van der Waals surface area contributed by atoms with Crippen LogP contribution in [0.25, 0.3) is 11.0 Å². The molecule has 8 heteroatoms. The van der Waals surface area contributed by atoms with Crippen LogP contribution in [0.3, 0.4) is 0 Å². The van der Waals surface area contributed by atoms with E-state index in [0.29, 0.717) is 37.6 Å². The summed E-state index contributed by atoms with van der Waals surface area (Å²) in [5, 5.41) is 3.78. The minimum absolute atomic E-state index is 0.0794. The molecule has 1 N–H and O–H groups in total. The first-order valence-electron chi connectivity index (χ1n) is 11.3. The lowest BCUT2D eigenvalue weighted by Crippen LogP contribution is -2.25. The van der Waals surface area contributed by atoms with Gasteiger partial charge >= 0.3 is 0 Å². The molecule has 0 bridgehead atoms. The topological polar surface area (TPSA) is 69.0 Å². The molecule has 0 atom stereocenters. The number of ether oxygens (including phenoxy) is 1. The Kier molecular flexibility index (Phi) is 8.27. The van der Waals surface area contributed by atoms with Gasteiger partial charge in [0.1, 0.15) is 5.82 Å². The Morgan fingerprint density at radius 3 is 2.62 bits per heavy atom. The smallest absolute Gasteiger partial charge is 0.251 e. The van der Waals surface area contributed by atoms with Crippen LogP contribution in [0.15, 0.2) is 72.1 Å². The van der Waals surface area contributed by atoms with Gasteiger partial charge in [-0.2, -0.15) is 0 Å². The minimum atomic E-state index is -0.252. The highest BCUT2D eigenvalue weighted by molar-refractivity contribution is 7.98.